The van der Waals surface area contributed by atoms with Crippen molar-refractivity contribution in [3.63, 3.8) is 0 Å². The van der Waals surface area contributed by atoms with Gasteiger partial charge in [-0.25, -0.2) is 0 Å². The van der Waals surface area contributed by atoms with Gasteiger partial charge in [-0.15, -0.1) is 0 Å². The largest absolute Gasteiger partial charge is 0.378 e. The van der Waals surface area contributed by atoms with Crippen molar-refractivity contribution in [2.24, 2.45) is 0 Å². The molecule has 0 atom stereocenters. The summed E-state index contributed by atoms with van der Waals surface area (Å²) in [7, 11) is 3.98. The Hall–Kier alpha value is -2.49. The summed E-state index contributed by atoms with van der Waals surface area (Å²) < 4.78 is 0. The van der Waals surface area contributed by atoms with E-state index in [1.54, 1.807) is 4.90 Å². The van der Waals surface area contributed by atoms with Gasteiger partial charge in [0.15, 0.2) is 0 Å². The predicted molar refractivity (Wildman–Crippen MR) is 87.2 cm³/mol. The van der Waals surface area contributed by atoms with Gasteiger partial charge in [-0.2, -0.15) is 0 Å². The molecule has 0 saturated carbocycles. The van der Waals surface area contributed by atoms with Crippen LogP contribution >= 0.6 is 0 Å². The van der Waals surface area contributed by atoms with Crippen LogP contribution in [0, 0.1) is 6.92 Å². The van der Waals surface area contributed by atoms with Crippen molar-refractivity contribution in [1.82, 2.24) is 0 Å². The van der Waals surface area contributed by atoms with Crippen molar-refractivity contribution in [2.75, 3.05) is 35.9 Å². The van der Waals surface area contributed by atoms with Crippen molar-refractivity contribution < 1.29 is 4.79 Å². The van der Waals surface area contributed by atoms with E-state index in [1.807, 2.05) is 68.4 Å². The molecule has 21 heavy (non-hydrogen) atoms. The summed E-state index contributed by atoms with van der Waals surface area (Å²) in [4.78, 5) is 16.5. The van der Waals surface area contributed by atoms with E-state index >= 15 is 0 Å². The Balaban J connectivity index is 1.98. The SMILES string of the molecule is Cc1ccccc1N1CNc2cc(N(C)C)ccc2C1=O. The molecule has 0 bridgehead atoms. The summed E-state index contributed by atoms with van der Waals surface area (Å²) in [6.07, 6.45) is 0. The number of nitrogens with zero attached hydrogens (tertiary/aromatic N) is 2. The molecule has 1 heterocycles. The molecule has 0 radical (unpaired) electrons. The lowest BCUT2D eigenvalue weighted by Gasteiger charge is -2.31. The molecule has 1 N–H and O–H groups in total. The van der Waals surface area contributed by atoms with Gasteiger partial charge >= 0.3 is 0 Å². The van der Waals surface area contributed by atoms with Crippen LogP contribution in [0.25, 0.3) is 0 Å². The number of fused-ring (bicyclic) bond motifs is 1. The number of aryl methyl sites for hydroxylation is 1. The van der Waals surface area contributed by atoms with Gasteiger partial charge in [0.05, 0.1) is 17.9 Å². The second-order valence-electron chi connectivity index (χ2n) is 5.48. The molecule has 0 aromatic heterocycles. The second-order valence-corrected chi connectivity index (χ2v) is 5.48. The van der Waals surface area contributed by atoms with Crippen LogP contribution in [-0.4, -0.2) is 26.7 Å². The minimum absolute atomic E-state index is 0.0448. The molecule has 1 aliphatic rings. The van der Waals surface area contributed by atoms with Gasteiger partial charge < -0.3 is 10.2 Å². The average molecular weight is 281 g/mol. The average Bonchev–Trinajstić information content (AvgIpc) is 2.48. The van der Waals surface area contributed by atoms with Crippen LogP contribution < -0.4 is 15.1 Å². The highest BCUT2D eigenvalue weighted by atomic mass is 16.2. The third kappa shape index (κ3) is 2.33. The van der Waals surface area contributed by atoms with Crippen molar-refractivity contribution in [3.05, 3.63) is 53.6 Å². The smallest absolute Gasteiger partial charge is 0.261 e. The summed E-state index contributed by atoms with van der Waals surface area (Å²) in [5, 5.41) is 3.34. The van der Waals surface area contributed by atoms with Gasteiger partial charge in [0, 0.05) is 25.5 Å². The number of amides is 1. The number of hydrogen-bond donors (Lipinski definition) is 1. The lowest BCUT2D eigenvalue weighted by molar-refractivity contribution is 0.0986. The van der Waals surface area contributed by atoms with Gasteiger partial charge in [0.25, 0.3) is 5.91 Å². The standard InChI is InChI=1S/C17H19N3O/c1-12-6-4-5-7-16(12)20-11-18-15-10-13(19(2)3)8-9-14(15)17(20)21/h4-10,18H,11H2,1-3H3. The molecule has 0 unspecified atom stereocenters. The molecule has 4 nitrogen and oxygen atoms in total. The maximum Gasteiger partial charge on any atom is 0.261 e. The number of hydrogen-bond acceptors (Lipinski definition) is 3. The molecule has 1 amide bonds. The Morgan fingerprint density at radius 3 is 2.62 bits per heavy atom. The van der Waals surface area contributed by atoms with Crippen LogP contribution in [0.4, 0.5) is 17.1 Å². The molecule has 2 aromatic carbocycles. The quantitative estimate of drug-likeness (QED) is 0.919. The normalized spacial score (nSPS) is 13.7. The molecule has 0 saturated heterocycles. The van der Waals surface area contributed by atoms with E-state index in [-0.39, 0.29) is 5.91 Å². The van der Waals surface area contributed by atoms with Gasteiger partial charge in [-0.3, -0.25) is 9.69 Å². The number of para-hydroxylation sites is 1. The summed E-state index contributed by atoms with van der Waals surface area (Å²) in [6.45, 7) is 2.51. The minimum Gasteiger partial charge on any atom is -0.378 e. The Labute approximate surface area is 125 Å². The van der Waals surface area contributed by atoms with Crippen molar-refractivity contribution in [2.45, 2.75) is 6.92 Å². The fraction of sp³-hybridized carbons (Fsp3) is 0.235. The Morgan fingerprint density at radius 1 is 1.14 bits per heavy atom. The van der Waals surface area contributed by atoms with Crippen molar-refractivity contribution in [3.8, 4) is 0 Å². The van der Waals surface area contributed by atoms with E-state index in [1.165, 1.54) is 0 Å². The van der Waals surface area contributed by atoms with Crippen LogP contribution in [0.3, 0.4) is 0 Å². The number of benzene rings is 2. The molecule has 0 aliphatic carbocycles. The highest BCUT2D eigenvalue weighted by Crippen LogP contribution is 2.30. The molecule has 108 valence electrons. The number of anilines is 3. The van der Waals surface area contributed by atoms with E-state index < -0.39 is 0 Å². The van der Waals surface area contributed by atoms with E-state index in [0.717, 1.165) is 28.2 Å². The van der Waals surface area contributed by atoms with Crippen LogP contribution in [0.5, 0.6) is 0 Å². The highest BCUT2D eigenvalue weighted by Gasteiger charge is 2.26. The monoisotopic (exact) mass is 281 g/mol. The number of rotatable bonds is 2. The second kappa shape index (κ2) is 5.13. The Kier molecular flexibility index (Phi) is 3.29. The zero-order valence-corrected chi connectivity index (χ0v) is 12.6. The zero-order chi connectivity index (χ0) is 15.0. The van der Waals surface area contributed by atoms with E-state index in [2.05, 4.69) is 5.32 Å². The van der Waals surface area contributed by atoms with Crippen LogP contribution in [0.15, 0.2) is 42.5 Å². The van der Waals surface area contributed by atoms with Gasteiger partial charge in [-0.1, -0.05) is 18.2 Å². The van der Waals surface area contributed by atoms with E-state index in [0.29, 0.717) is 6.67 Å². The van der Waals surface area contributed by atoms with Crippen LogP contribution in [-0.2, 0) is 0 Å². The first-order chi connectivity index (χ1) is 10.1. The third-order valence-electron chi connectivity index (χ3n) is 3.83. The van der Waals surface area contributed by atoms with Crippen LogP contribution in [0.1, 0.15) is 15.9 Å². The first-order valence-corrected chi connectivity index (χ1v) is 7.00. The molecular weight excluding hydrogens is 262 g/mol. The molecule has 0 fully saturated rings. The van der Waals surface area contributed by atoms with Gasteiger partial charge in [0.1, 0.15) is 0 Å². The Morgan fingerprint density at radius 2 is 1.90 bits per heavy atom. The minimum atomic E-state index is 0.0448. The molecule has 0 spiro atoms. The van der Waals surface area contributed by atoms with Crippen molar-refractivity contribution >= 4 is 23.0 Å². The third-order valence-corrected chi connectivity index (χ3v) is 3.83. The summed E-state index contributed by atoms with van der Waals surface area (Å²) in [5.41, 5.74) is 4.75. The first-order valence-electron chi connectivity index (χ1n) is 7.00. The summed E-state index contributed by atoms with van der Waals surface area (Å²) >= 11 is 0. The van der Waals surface area contributed by atoms with E-state index in [4.69, 9.17) is 0 Å². The van der Waals surface area contributed by atoms with Gasteiger partial charge in [0.2, 0.25) is 0 Å². The fourth-order valence-electron chi connectivity index (χ4n) is 2.59. The number of carbonyl (C=O) groups is 1. The van der Waals surface area contributed by atoms with Crippen LogP contribution in [0.2, 0.25) is 0 Å². The number of nitrogens with one attached hydrogen (secondary N) is 1. The summed E-state index contributed by atoms with van der Waals surface area (Å²) in [5.74, 6) is 0.0448. The highest BCUT2D eigenvalue weighted by molar-refractivity contribution is 6.12. The fourth-order valence-corrected chi connectivity index (χ4v) is 2.59. The molecule has 2 aromatic rings. The van der Waals surface area contributed by atoms with Gasteiger partial charge in [-0.05, 0) is 36.8 Å². The Bertz CT molecular complexity index is 694. The summed E-state index contributed by atoms with van der Waals surface area (Å²) in [6, 6.07) is 13.8. The number of carbonyl (C=O) groups excluding carboxylic acids is 1. The zero-order valence-electron chi connectivity index (χ0n) is 12.6. The maximum atomic E-state index is 12.7. The molecule has 1 aliphatic heterocycles. The first kappa shape index (κ1) is 13.5. The topological polar surface area (TPSA) is 35.6 Å². The lowest BCUT2D eigenvalue weighted by Crippen LogP contribution is -2.40. The predicted octanol–water partition coefficient (Wildman–Crippen LogP) is 3.09. The van der Waals surface area contributed by atoms with E-state index in [9.17, 15) is 4.79 Å². The maximum absolute atomic E-state index is 12.7. The van der Waals surface area contributed by atoms with Crippen molar-refractivity contribution in [1.29, 1.82) is 0 Å². The molecule has 4 heteroatoms. The molecule has 3 rings (SSSR count). The lowest BCUT2D eigenvalue weighted by atomic mass is 10.1. The molecular formula is C17H19N3O.